The molecule has 0 unspecified atom stereocenters. The lowest BCUT2D eigenvalue weighted by Gasteiger charge is -2.16. The fourth-order valence-electron chi connectivity index (χ4n) is 1.86. The van der Waals surface area contributed by atoms with Crippen LogP contribution >= 0.6 is 0 Å². The second-order valence-corrected chi connectivity index (χ2v) is 3.81. The molecule has 0 aromatic heterocycles. The monoisotopic (exact) mass is 217 g/mol. The SMILES string of the molecule is CC=CN1C(=O)OC[C@H]1Cc1ccccc1. The van der Waals surface area contributed by atoms with E-state index < -0.39 is 0 Å². The Balaban J connectivity index is 2.07. The predicted octanol–water partition coefficient (Wildman–Crippen LogP) is 2.58. The van der Waals surface area contributed by atoms with Gasteiger partial charge < -0.3 is 4.74 Å². The fraction of sp³-hybridized carbons (Fsp3) is 0.308. The zero-order valence-electron chi connectivity index (χ0n) is 9.30. The summed E-state index contributed by atoms with van der Waals surface area (Å²) in [5.41, 5.74) is 1.22. The Morgan fingerprint density at radius 2 is 2.19 bits per heavy atom. The van der Waals surface area contributed by atoms with Crippen molar-refractivity contribution in [3.8, 4) is 0 Å². The van der Waals surface area contributed by atoms with Crippen LogP contribution in [-0.2, 0) is 11.2 Å². The van der Waals surface area contributed by atoms with Crippen LogP contribution in [0.15, 0.2) is 42.6 Å². The number of hydrogen-bond donors (Lipinski definition) is 0. The van der Waals surface area contributed by atoms with Gasteiger partial charge in [0.1, 0.15) is 6.61 Å². The Morgan fingerprint density at radius 3 is 2.88 bits per heavy atom. The van der Waals surface area contributed by atoms with Crippen molar-refractivity contribution >= 4 is 6.09 Å². The zero-order valence-corrected chi connectivity index (χ0v) is 9.30. The molecule has 0 saturated carbocycles. The lowest BCUT2D eigenvalue weighted by molar-refractivity contribution is 0.166. The van der Waals surface area contributed by atoms with Crippen molar-refractivity contribution < 1.29 is 9.53 Å². The van der Waals surface area contributed by atoms with Gasteiger partial charge in [0.25, 0.3) is 0 Å². The average molecular weight is 217 g/mol. The van der Waals surface area contributed by atoms with Gasteiger partial charge in [-0.3, -0.25) is 4.90 Å². The van der Waals surface area contributed by atoms with E-state index in [1.165, 1.54) is 5.56 Å². The first-order valence-corrected chi connectivity index (χ1v) is 5.43. The highest BCUT2D eigenvalue weighted by Crippen LogP contribution is 2.17. The van der Waals surface area contributed by atoms with E-state index in [1.54, 1.807) is 11.1 Å². The van der Waals surface area contributed by atoms with Gasteiger partial charge in [-0.1, -0.05) is 36.4 Å². The van der Waals surface area contributed by atoms with E-state index >= 15 is 0 Å². The molecule has 1 fully saturated rings. The molecule has 1 atom stereocenters. The maximum absolute atomic E-state index is 11.4. The molecular formula is C13H15NO2. The molecule has 2 rings (SSSR count). The van der Waals surface area contributed by atoms with Crippen LogP contribution in [-0.4, -0.2) is 23.6 Å². The number of nitrogens with zero attached hydrogens (tertiary/aromatic N) is 1. The minimum Gasteiger partial charge on any atom is -0.447 e. The molecule has 3 heteroatoms. The standard InChI is InChI=1S/C13H15NO2/c1-2-8-14-12(10-16-13(14)15)9-11-6-4-3-5-7-11/h2-8,12H,9-10H2,1H3/t12-/m1/s1. The molecular weight excluding hydrogens is 202 g/mol. The molecule has 3 nitrogen and oxygen atoms in total. The van der Waals surface area contributed by atoms with Crippen molar-refractivity contribution in [2.75, 3.05) is 6.61 Å². The molecule has 1 amide bonds. The largest absolute Gasteiger partial charge is 0.447 e. The summed E-state index contributed by atoms with van der Waals surface area (Å²) in [5.74, 6) is 0. The second-order valence-electron chi connectivity index (χ2n) is 3.81. The summed E-state index contributed by atoms with van der Waals surface area (Å²) >= 11 is 0. The Hall–Kier alpha value is -1.77. The molecule has 1 heterocycles. The Morgan fingerprint density at radius 1 is 1.44 bits per heavy atom. The van der Waals surface area contributed by atoms with Gasteiger partial charge in [-0.05, 0) is 18.9 Å². The van der Waals surface area contributed by atoms with Crippen LogP contribution < -0.4 is 0 Å². The van der Waals surface area contributed by atoms with Gasteiger partial charge in [0.05, 0.1) is 6.04 Å². The minimum absolute atomic E-state index is 0.117. The van der Waals surface area contributed by atoms with E-state index in [0.29, 0.717) is 6.61 Å². The molecule has 1 aliphatic rings. The van der Waals surface area contributed by atoms with Crippen molar-refractivity contribution in [2.45, 2.75) is 19.4 Å². The van der Waals surface area contributed by atoms with Gasteiger partial charge in [-0.25, -0.2) is 4.79 Å². The maximum atomic E-state index is 11.4. The fourth-order valence-corrected chi connectivity index (χ4v) is 1.86. The molecule has 0 N–H and O–H groups in total. The molecule has 0 bridgehead atoms. The molecule has 1 aliphatic heterocycles. The van der Waals surface area contributed by atoms with Gasteiger partial charge in [0.15, 0.2) is 0 Å². The zero-order chi connectivity index (χ0) is 11.4. The number of amides is 1. The third-order valence-corrected chi connectivity index (χ3v) is 2.63. The van der Waals surface area contributed by atoms with E-state index in [1.807, 2.05) is 31.2 Å². The molecule has 1 aromatic carbocycles. The first kappa shape index (κ1) is 10.7. The van der Waals surface area contributed by atoms with E-state index in [-0.39, 0.29) is 12.1 Å². The highest BCUT2D eigenvalue weighted by molar-refractivity contribution is 5.71. The van der Waals surface area contributed by atoms with E-state index in [0.717, 1.165) is 6.42 Å². The smallest absolute Gasteiger partial charge is 0.414 e. The lowest BCUT2D eigenvalue weighted by Crippen LogP contribution is -2.30. The number of rotatable bonds is 3. The molecule has 84 valence electrons. The molecule has 1 saturated heterocycles. The summed E-state index contributed by atoms with van der Waals surface area (Å²) in [6, 6.07) is 10.3. The summed E-state index contributed by atoms with van der Waals surface area (Å²) in [6.45, 7) is 2.36. The number of benzene rings is 1. The van der Waals surface area contributed by atoms with Gasteiger partial charge in [0.2, 0.25) is 0 Å². The molecule has 0 spiro atoms. The molecule has 16 heavy (non-hydrogen) atoms. The van der Waals surface area contributed by atoms with Crippen molar-refractivity contribution in [3.63, 3.8) is 0 Å². The number of carbonyl (C=O) groups is 1. The van der Waals surface area contributed by atoms with Crippen LogP contribution in [0, 0.1) is 0 Å². The summed E-state index contributed by atoms with van der Waals surface area (Å²) < 4.78 is 5.04. The lowest BCUT2D eigenvalue weighted by atomic mass is 10.1. The normalized spacial score (nSPS) is 20.4. The number of ether oxygens (including phenoxy) is 1. The minimum atomic E-state index is -0.251. The topological polar surface area (TPSA) is 29.5 Å². The molecule has 0 radical (unpaired) electrons. The summed E-state index contributed by atoms with van der Waals surface area (Å²) in [4.78, 5) is 13.1. The highest BCUT2D eigenvalue weighted by Gasteiger charge is 2.30. The third kappa shape index (κ3) is 2.24. The number of cyclic esters (lactones) is 1. The first-order valence-electron chi connectivity index (χ1n) is 5.43. The van der Waals surface area contributed by atoms with Crippen molar-refractivity contribution in [3.05, 3.63) is 48.2 Å². The maximum Gasteiger partial charge on any atom is 0.414 e. The van der Waals surface area contributed by atoms with Crippen molar-refractivity contribution in [1.29, 1.82) is 0 Å². The van der Waals surface area contributed by atoms with E-state index in [2.05, 4.69) is 12.1 Å². The van der Waals surface area contributed by atoms with E-state index in [4.69, 9.17) is 4.74 Å². The summed E-state index contributed by atoms with van der Waals surface area (Å²) in [5, 5.41) is 0. The van der Waals surface area contributed by atoms with Crippen LogP contribution in [0.4, 0.5) is 4.79 Å². The quantitative estimate of drug-likeness (QED) is 0.778. The Labute approximate surface area is 95.3 Å². The summed E-state index contributed by atoms with van der Waals surface area (Å²) in [6.07, 6.45) is 4.21. The van der Waals surface area contributed by atoms with Gasteiger partial charge >= 0.3 is 6.09 Å². The predicted molar refractivity (Wildman–Crippen MR) is 61.9 cm³/mol. The number of allylic oxidation sites excluding steroid dienone is 1. The molecule has 0 aliphatic carbocycles. The van der Waals surface area contributed by atoms with Crippen LogP contribution in [0.25, 0.3) is 0 Å². The van der Waals surface area contributed by atoms with Gasteiger partial charge in [-0.15, -0.1) is 0 Å². The van der Waals surface area contributed by atoms with Crippen molar-refractivity contribution in [1.82, 2.24) is 4.90 Å². The second kappa shape index (κ2) is 4.84. The van der Waals surface area contributed by atoms with Crippen LogP contribution in [0.5, 0.6) is 0 Å². The number of hydrogen-bond acceptors (Lipinski definition) is 2. The Bertz CT molecular complexity index is 386. The van der Waals surface area contributed by atoms with E-state index in [9.17, 15) is 4.79 Å². The molecule has 1 aromatic rings. The number of carbonyl (C=O) groups excluding carboxylic acids is 1. The van der Waals surface area contributed by atoms with Gasteiger partial charge in [0, 0.05) is 6.20 Å². The third-order valence-electron chi connectivity index (χ3n) is 2.63. The first-order chi connectivity index (χ1) is 7.81. The van der Waals surface area contributed by atoms with Crippen LogP contribution in [0.1, 0.15) is 12.5 Å². The average Bonchev–Trinajstić information content (AvgIpc) is 2.64. The summed E-state index contributed by atoms with van der Waals surface area (Å²) in [7, 11) is 0. The Kier molecular flexibility index (Phi) is 3.25. The highest BCUT2D eigenvalue weighted by atomic mass is 16.6. The van der Waals surface area contributed by atoms with Crippen molar-refractivity contribution in [2.24, 2.45) is 0 Å². The van der Waals surface area contributed by atoms with Crippen LogP contribution in [0.3, 0.4) is 0 Å². The van der Waals surface area contributed by atoms with Crippen LogP contribution in [0.2, 0.25) is 0 Å². The van der Waals surface area contributed by atoms with Gasteiger partial charge in [-0.2, -0.15) is 0 Å².